The van der Waals surface area contributed by atoms with Gasteiger partial charge >= 0.3 is 23.8 Å². The number of esters is 1. The Hall–Kier alpha value is -3.00. The lowest BCUT2D eigenvalue weighted by Gasteiger charge is -2.14. The molecule has 0 unspecified atom stereocenters. The van der Waals surface area contributed by atoms with Crippen molar-refractivity contribution in [2.45, 2.75) is 13.2 Å². The molecule has 1 saturated heterocycles. The Labute approximate surface area is 147 Å². The molecule has 1 aromatic carbocycles. The molecule has 4 amide bonds. The Kier molecular flexibility index (Phi) is 4.90. The summed E-state index contributed by atoms with van der Waals surface area (Å²) in [6, 6.07) is 11.7. The van der Waals surface area contributed by atoms with Crippen molar-refractivity contribution < 1.29 is 23.9 Å². The number of imide groups is 2. The van der Waals surface area contributed by atoms with Crippen molar-refractivity contribution in [3.05, 3.63) is 58.3 Å². The van der Waals surface area contributed by atoms with E-state index in [1.54, 1.807) is 41.8 Å². The van der Waals surface area contributed by atoms with Crippen LogP contribution >= 0.6 is 11.3 Å². The second-order valence-corrected chi connectivity index (χ2v) is 6.32. The topological polar surface area (TPSA) is 84.0 Å². The standard InChI is InChI=1S/C17H14N2O5S/c20-14(24-11-12-5-2-1-3-6-12)10-19-16(22)15(21)18(17(19)23)9-13-7-4-8-25-13/h1-8H,9-11H2. The lowest BCUT2D eigenvalue weighted by molar-refractivity contribution is -0.149. The van der Waals surface area contributed by atoms with Gasteiger partial charge in [-0.3, -0.25) is 19.3 Å². The van der Waals surface area contributed by atoms with Crippen LogP contribution in [0.15, 0.2) is 47.8 Å². The van der Waals surface area contributed by atoms with Crippen LogP contribution in [0.3, 0.4) is 0 Å². The summed E-state index contributed by atoms with van der Waals surface area (Å²) in [5.74, 6) is -2.70. The molecular weight excluding hydrogens is 344 g/mol. The second-order valence-electron chi connectivity index (χ2n) is 5.29. The number of amides is 4. The number of ether oxygens (including phenoxy) is 1. The zero-order valence-electron chi connectivity index (χ0n) is 13.1. The average Bonchev–Trinajstić information content (AvgIpc) is 3.20. The van der Waals surface area contributed by atoms with Gasteiger partial charge in [-0.1, -0.05) is 36.4 Å². The van der Waals surface area contributed by atoms with Gasteiger partial charge in [0.2, 0.25) is 0 Å². The van der Waals surface area contributed by atoms with Gasteiger partial charge in [-0.05, 0) is 17.0 Å². The van der Waals surface area contributed by atoms with Gasteiger partial charge in [0.1, 0.15) is 13.2 Å². The number of carbonyl (C=O) groups is 4. The quantitative estimate of drug-likeness (QED) is 0.446. The zero-order valence-corrected chi connectivity index (χ0v) is 13.9. The molecule has 0 spiro atoms. The summed E-state index contributed by atoms with van der Waals surface area (Å²) in [5.41, 5.74) is 0.783. The first kappa shape index (κ1) is 16.8. The molecule has 0 aliphatic carbocycles. The van der Waals surface area contributed by atoms with Crippen molar-refractivity contribution in [1.29, 1.82) is 0 Å². The molecule has 2 heterocycles. The smallest absolute Gasteiger partial charge is 0.335 e. The van der Waals surface area contributed by atoms with Crippen molar-refractivity contribution in [1.82, 2.24) is 9.80 Å². The summed E-state index contributed by atoms with van der Waals surface area (Å²) in [6.07, 6.45) is 0. The number of benzene rings is 1. The van der Waals surface area contributed by atoms with E-state index in [0.717, 1.165) is 15.3 Å². The van der Waals surface area contributed by atoms with E-state index < -0.39 is 30.4 Å². The number of thiophene rings is 1. The second kappa shape index (κ2) is 7.27. The molecule has 25 heavy (non-hydrogen) atoms. The van der Waals surface area contributed by atoms with E-state index in [1.165, 1.54) is 11.3 Å². The van der Waals surface area contributed by atoms with Crippen LogP contribution in [0.2, 0.25) is 0 Å². The molecule has 0 saturated carbocycles. The zero-order chi connectivity index (χ0) is 17.8. The number of urea groups is 1. The Morgan fingerprint density at radius 2 is 1.68 bits per heavy atom. The van der Waals surface area contributed by atoms with Gasteiger partial charge < -0.3 is 4.74 Å². The third kappa shape index (κ3) is 3.74. The van der Waals surface area contributed by atoms with Crippen molar-refractivity contribution in [3.63, 3.8) is 0 Å². The summed E-state index contributed by atoms with van der Waals surface area (Å²) in [4.78, 5) is 50.3. The summed E-state index contributed by atoms with van der Waals surface area (Å²) in [5, 5.41) is 1.81. The third-order valence-electron chi connectivity index (χ3n) is 3.56. The first-order valence-electron chi connectivity index (χ1n) is 7.45. The predicted octanol–water partition coefficient (Wildman–Crippen LogP) is 1.78. The van der Waals surface area contributed by atoms with Crippen LogP contribution in [0, 0.1) is 0 Å². The molecular formula is C17H14N2O5S. The Balaban J connectivity index is 1.60. The van der Waals surface area contributed by atoms with Crippen LogP contribution in [0.25, 0.3) is 0 Å². The number of nitrogens with zero attached hydrogens (tertiary/aromatic N) is 2. The minimum atomic E-state index is -1.02. The Bertz CT molecular complexity index is 804. The van der Waals surface area contributed by atoms with Crippen molar-refractivity contribution in [2.75, 3.05) is 6.54 Å². The van der Waals surface area contributed by atoms with Crippen LogP contribution in [0.5, 0.6) is 0 Å². The first-order chi connectivity index (χ1) is 12.1. The molecule has 1 fully saturated rings. The van der Waals surface area contributed by atoms with E-state index in [2.05, 4.69) is 0 Å². The number of hydrogen-bond donors (Lipinski definition) is 0. The molecule has 128 valence electrons. The average molecular weight is 358 g/mol. The molecule has 8 heteroatoms. The van der Waals surface area contributed by atoms with E-state index in [4.69, 9.17) is 4.74 Å². The highest BCUT2D eigenvalue weighted by Gasteiger charge is 2.45. The summed E-state index contributed by atoms with van der Waals surface area (Å²) in [7, 11) is 0. The van der Waals surface area contributed by atoms with Crippen LogP contribution < -0.4 is 0 Å². The van der Waals surface area contributed by atoms with Gasteiger partial charge in [-0.2, -0.15) is 0 Å². The fourth-order valence-corrected chi connectivity index (χ4v) is 2.99. The Morgan fingerprint density at radius 1 is 0.960 bits per heavy atom. The van der Waals surface area contributed by atoms with Gasteiger partial charge in [-0.25, -0.2) is 9.69 Å². The molecule has 3 rings (SSSR count). The van der Waals surface area contributed by atoms with Crippen molar-refractivity contribution >= 4 is 35.2 Å². The van der Waals surface area contributed by atoms with Crippen LogP contribution in [-0.2, 0) is 32.3 Å². The molecule has 0 radical (unpaired) electrons. The number of rotatable bonds is 6. The highest BCUT2D eigenvalue weighted by Crippen LogP contribution is 2.18. The number of hydrogen-bond acceptors (Lipinski definition) is 6. The summed E-state index contributed by atoms with van der Waals surface area (Å²) in [6.45, 7) is -0.545. The predicted molar refractivity (Wildman–Crippen MR) is 88.2 cm³/mol. The fourth-order valence-electron chi connectivity index (χ4n) is 2.30. The maximum Gasteiger partial charge on any atom is 0.335 e. The maximum atomic E-state index is 12.3. The normalized spacial score (nSPS) is 14.3. The van der Waals surface area contributed by atoms with Crippen molar-refractivity contribution in [3.8, 4) is 0 Å². The lowest BCUT2D eigenvalue weighted by Crippen LogP contribution is -2.37. The van der Waals surface area contributed by atoms with Crippen LogP contribution in [-0.4, -0.2) is 40.2 Å². The lowest BCUT2D eigenvalue weighted by atomic mass is 10.2. The largest absolute Gasteiger partial charge is 0.459 e. The van der Waals surface area contributed by atoms with Gasteiger partial charge in [0, 0.05) is 4.88 Å². The van der Waals surface area contributed by atoms with E-state index in [9.17, 15) is 19.2 Å². The highest BCUT2D eigenvalue weighted by atomic mass is 32.1. The molecule has 2 aromatic rings. The first-order valence-corrected chi connectivity index (χ1v) is 8.33. The van der Waals surface area contributed by atoms with E-state index in [1.807, 2.05) is 6.07 Å². The molecule has 0 N–H and O–H groups in total. The molecule has 0 bridgehead atoms. The van der Waals surface area contributed by atoms with E-state index >= 15 is 0 Å². The third-order valence-corrected chi connectivity index (χ3v) is 4.42. The minimum Gasteiger partial charge on any atom is -0.459 e. The SMILES string of the molecule is O=C(CN1C(=O)C(=O)N(Cc2cccs2)C1=O)OCc1ccccc1. The monoisotopic (exact) mass is 358 g/mol. The summed E-state index contributed by atoms with van der Waals surface area (Å²) < 4.78 is 5.05. The van der Waals surface area contributed by atoms with Crippen LogP contribution in [0.1, 0.15) is 10.4 Å². The van der Waals surface area contributed by atoms with Gasteiger partial charge in [0.05, 0.1) is 6.54 Å². The van der Waals surface area contributed by atoms with Gasteiger partial charge in [-0.15, -0.1) is 11.3 Å². The number of carbonyl (C=O) groups excluding carboxylic acids is 4. The van der Waals surface area contributed by atoms with Crippen LogP contribution in [0.4, 0.5) is 4.79 Å². The van der Waals surface area contributed by atoms with E-state index in [-0.39, 0.29) is 13.2 Å². The minimum absolute atomic E-state index is 0.0106. The maximum absolute atomic E-state index is 12.3. The molecule has 7 nitrogen and oxygen atoms in total. The molecule has 1 aromatic heterocycles. The molecule has 0 atom stereocenters. The Morgan fingerprint density at radius 3 is 2.36 bits per heavy atom. The van der Waals surface area contributed by atoms with Gasteiger partial charge in [0.25, 0.3) is 0 Å². The summed E-state index contributed by atoms with van der Waals surface area (Å²) >= 11 is 1.37. The highest BCUT2D eigenvalue weighted by molar-refractivity contribution is 7.09. The molecule has 1 aliphatic heterocycles. The van der Waals surface area contributed by atoms with Crippen molar-refractivity contribution in [2.24, 2.45) is 0 Å². The van der Waals surface area contributed by atoms with E-state index in [0.29, 0.717) is 4.90 Å². The fraction of sp³-hybridized carbons (Fsp3) is 0.176. The molecule has 1 aliphatic rings. The van der Waals surface area contributed by atoms with Gasteiger partial charge in [0.15, 0.2) is 0 Å².